The zero-order valence-electron chi connectivity index (χ0n) is 14.8. The van der Waals surface area contributed by atoms with E-state index in [1.165, 1.54) is 16.7 Å². The SMILES string of the molecule is CCC(=O)N1CCCN(C(=O)Cc2cc(C)c(C)cc2C)CC1. The molecule has 0 spiro atoms. The number of nitrogens with zero attached hydrogens (tertiary/aromatic N) is 2. The van der Waals surface area contributed by atoms with Gasteiger partial charge in [0.2, 0.25) is 11.8 Å². The highest BCUT2D eigenvalue weighted by atomic mass is 16.2. The molecule has 0 atom stereocenters. The average Bonchev–Trinajstić information content (AvgIpc) is 2.77. The maximum Gasteiger partial charge on any atom is 0.227 e. The van der Waals surface area contributed by atoms with E-state index in [1.807, 2.05) is 16.7 Å². The Bertz CT molecular complexity index is 595. The van der Waals surface area contributed by atoms with Crippen molar-refractivity contribution in [2.24, 2.45) is 0 Å². The molecular formula is C19H28N2O2. The highest BCUT2D eigenvalue weighted by molar-refractivity contribution is 5.80. The van der Waals surface area contributed by atoms with Gasteiger partial charge >= 0.3 is 0 Å². The first kappa shape index (κ1) is 17.5. The first-order chi connectivity index (χ1) is 10.9. The molecule has 1 aromatic rings. The van der Waals surface area contributed by atoms with Crippen molar-refractivity contribution in [2.75, 3.05) is 26.2 Å². The van der Waals surface area contributed by atoms with Crippen LogP contribution in [0.15, 0.2) is 12.1 Å². The lowest BCUT2D eigenvalue weighted by molar-refractivity contribution is -0.133. The predicted octanol–water partition coefficient (Wildman–Crippen LogP) is 2.63. The second-order valence-corrected chi connectivity index (χ2v) is 6.51. The van der Waals surface area contributed by atoms with Crippen LogP contribution in [-0.2, 0) is 16.0 Å². The summed E-state index contributed by atoms with van der Waals surface area (Å²) in [6.07, 6.45) is 1.86. The van der Waals surface area contributed by atoms with E-state index in [4.69, 9.17) is 0 Å². The maximum absolute atomic E-state index is 12.6. The molecule has 1 heterocycles. The summed E-state index contributed by atoms with van der Waals surface area (Å²) in [7, 11) is 0. The van der Waals surface area contributed by atoms with Gasteiger partial charge in [0.15, 0.2) is 0 Å². The van der Waals surface area contributed by atoms with Crippen LogP contribution in [-0.4, -0.2) is 47.8 Å². The molecule has 0 bridgehead atoms. The van der Waals surface area contributed by atoms with Crippen LogP contribution in [0.5, 0.6) is 0 Å². The van der Waals surface area contributed by atoms with Gasteiger partial charge in [0.1, 0.15) is 0 Å². The van der Waals surface area contributed by atoms with E-state index in [9.17, 15) is 9.59 Å². The Morgan fingerprint density at radius 3 is 2.04 bits per heavy atom. The van der Waals surface area contributed by atoms with Gasteiger partial charge in [-0.05, 0) is 49.4 Å². The van der Waals surface area contributed by atoms with Crippen LogP contribution in [0, 0.1) is 20.8 Å². The monoisotopic (exact) mass is 316 g/mol. The van der Waals surface area contributed by atoms with Crippen molar-refractivity contribution in [3.05, 3.63) is 34.4 Å². The van der Waals surface area contributed by atoms with Crippen LogP contribution < -0.4 is 0 Å². The number of hydrogen-bond acceptors (Lipinski definition) is 2. The van der Waals surface area contributed by atoms with Gasteiger partial charge in [-0.25, -0.2) is 0 Å². The highest BCUT2D eigenvalue weighted by Gasteiger charge is 2.21. The van der Waals surface area contributed by atoms with Crippen molar-refractivity contribution in [1.82, 2.24) is 9.80 Å². The van der Waals surface area contributed by atoms with Gasteiger partial charge in [-0.3, -0.25) is 9.59 Å². The number of rotatable bonds is 3. The molecule has 0 N–H and O–H groups in total. The molecule has 23 heavy (non-hydrogen) atoms. The Hall–Kier alpha value is -1.84. The van der Waals surface area contributed by atoms with Crippen LogP contribution in [0.1, 0.15) is 42.0 Å². The van der Waals surface area contributed by atoms with Crippen LogP contribution in [0.25, 0.3) is 0 Å². The molecule has 4 nitrogen and oxygen atoms in total. The highest BCUT2D eigenvalue weighted by Crippen LogP contribution is 2.17. The van der Waals surface area contributed by atoms with Crippen molar-refractivity contribution in [3.63, 3.8) is 0 Å². The predicted molar refractivity (Wildman–Crippen MR) is 92.4 cm³/mol. The number of benzene rings is 1. The normalized spacial score (nSPS) is 15.5. The van der Waals surface area contributed by atoms with Gasteiger partial charge in [-0.1, -0.05) is 19.1 Å². The van der Waals surface area contributed by atoms with Crippen molar-refractivity contribution in [3.8, 4) is 0 Å². The van der Waals surface area contributed by atoms with Gasteiger partial charge in [0.25, 0.3) is 0 Å². The second-order valence-electron chi connectivity index (χ2n) is 6.51. The third-order valence-electron chi connectivity index (χ3n) is 4.80. The largest absolute Gasteiger partial charge is 0.341 e. The summed E-state index contributed by atoms with van der Waals surface area (Å²) in [5.41, 5.74) is 4.79. The molecule has 1 saturated heterocycles. The van der Waals surface area contributed by atoms with E-state index in [0.717, 1.165) is 25.1 Å². The zero-order chi connectivity index (χ0) is 17.0. The summed E-state index contributed by atoms with van der Waals surface area (Å²) < 4.78 is 0. The summed E-state index contributed by atoms with van der Waals surface area (Å²) >= 11 is 0. The number of aryl methyl sites for hydroxylation is 3. The quantitative estimate of drug-likeness (QED) is 0.860. The van der Waals surface area contributed by atoms with E-state index >= 15 is 0 Å². The minimum absolute atomic E-state index is 0.169. The van der Waals surface area contributed by atoms with Crippen LogP contribution in [0.3, 0.4) is 0 Å². The van der Waals surface area contributed by atoms with Gasteiger partial charge in [0, 0.05) is 32.6 Å². The molecule has 1 aliphatic heterocycles. The summed E-state index contributed by atoms with van der Waals surface area (Å²) in [5.74, 6) is 0.353. The Kier molecular flexibility index (Phi) is 5.80. The first-order valence-corrected chi connectivity index (χ1v) is 8.54. The van der Waals surface area contributed by atoms with E-state index in [-0.39, 0.29) is 11.8 Å². The molecule has 0 aliphatic carbocycles. The van der Waals surface area contributed by atoms with Crippen molar-refractivity contribution < 1.29 is 9.59 Å². The van der Waals surface area contributed by atoms with Crippen molar-refractivity contribution >= 4 is 11.8 Å². The molecule has 0 aromatic heterocycles. The number of carbonyl (C=O) groups is 2. The summed E-state index contributed by atoms with van der Waals surface area (Å²) in [4.78, 5) is 28.3. The topological polar surface area (TPSA) is 40.6 Å². The van der Waals surface area contributed by atoms with Crippen molar-refractivity contribution in [1.29, 1.82) is 0 Å². The van der Waals surface area contributed by atoms with Crippen LogP contribution >= 0.6 is 0 Å². The van der Waals surface area contributed by atoms with Gasteiger partial charge in [0.05, 0.1) is 6.42 Å². The van der Waals surface area contributed by atoms with Crippen molar-refractivity contribution in [2.45, 2.75) is 47.0 Å². The third kappa shape index (κ3) is 4.34. The number of amides is 2. The molecule has 4 heteroatoms. The Morgan fingerprint density at radius 1 is 0.870 bits per heavy atom. The van der Waals surface area contributed by atoms with Crippen LogP contribution in [0.4, 0.5) is 0 Å². The molecule has 1 fully saturated rings. The smallest absolute Gasteiger partial charge is 0.227 e. The molecular weight excluding hydrogens is 288 g/mol. The Morgan fingerprint density at radius 2 is 1.43 bits per heavy atom. The molecule has 0 unspecified atom stereocenters. The Balaban J connectivity index is 2.01. The molecule has 2 amide bonds. The van der Waals surface area contributed by atoms with E-state index in [1.54, 1.807) is 0 Å². The molecule has 126 valence electrons. The van der Waals surface area contributed by atoms with E-state index in [0.29, 0.717) is 25.9 Å². The summed E-state index contributed by atoms with van der Waals surface area (Å²) in [5, 5.41) is 0. The fraction of sp³-hybridized carbons (Fsp3) is 0.579. The summed E-state index contributed by atoms with van der Waals surface area (Å²) in [6, 6.07) is 4.29. The molecule has 0 saturated carbocycles. The minimum atomic E-state index is 0.169. The maximum atomic E-state index is 12.6. The van der Waals surface area contributed by atoms with Gasteiger partial charge < -0.3 is 9.80 Å². The Labute approximate surface area is 139 Å². The minimum Gasteiger partial charge on any atom is -0.341 e. The lowest BCUT2D eigenvalue weighted by Crippen LogP contribution is -2.37. The lowest BCUT2D eigenvalue weighted by Gasteiger charge is -2.22. The standard InChI is InChI=1S/C19H28N2O2/c1-5-18(22)20-7-6-8-21(10-9-20)19(23)13-17-12-15(3)14(2)11-16(17)4/h11-12H,5-10,13H2,1-4H3. The molecule has 0 radical (unpaired) electrons. The fourth-order valence-corrected chi connectivity index (χ4v) is 3.13. The fourth-order valence-electron chi connectivity index (χ4n) is 3.13. The number of carbonyl (C=O) groups excluding carboxylic acids is 2. The zero-order valence-corrected chi connectivity index (χ0v) is 14.8. The van der Waals surface area contributed by atoms with Gasteiger partial charge in [-0.2, -0.15) is 0 Å². The van der Waals surface area contributed by atoms with Crippen LogP contribution in [0.2, 0.25) is 0 Å². The number of hydrogen-bond donors (Lipinski definition) is 0. The van der Waals surface area contributed by atoms with E-state index < -0.39 is 0 Å². The average molecular weight is 316 g/mol. The third-order valence-corrected chi connectivity index (χ3v) is 4.80. The van der Waals surface area contributed by atoms with E-state index in [2.05, 4.69) is 32.9 Å². The molecule has 2 rings (SSSR count). The second kappa shape index (κ2) is 7.62. The van der Waals surface area contributed by atoms with Gasteiger partial charge in [-0.15, -0.1) is 0 Å². The first-order valence-electron chi connectivity index (χ1n) is 8.54. The molecule has 1 aliphatic rings. The lowest BCUT2D eigenvalue weighted by atomic mass is 9.98. The summed E-state index contributed by atoms with van der Waals surface area (Å²) in [6.45, 7) is 11.0. The molecule has 1 aromatic carbocycles.